The monoisotopic (exact) mass is 393 g/mol. The molecule has 0 unspecified atom stereocenters. The number of phenolic OH excluding ortho intramolecular Hbond substituents is 1. The fourth-order valence-electron chi connectivity index (χ4n) is 3.03. The lowest BCUT2D eigenvalue weighted by Gasteiger charge is -2.09. The summed E-state index contributed by atoms with van der Waals surface area (Å²) in [6.45, 7) is 0. The number of nitrogen functional groups attached to an aromatic ring is 1. The summed E-state index contributed by atoms with van der Waals surface area (Å²) in [6, 6.07) is 18.7. The van der Waals surface area contributed by atoms with Crippen LogP contribution in [0.4, 0.5) is 17.1 Å². The highest BCUT2D eigenvalue weighted by molar-refractivity contribution is 7.85. The van der Waals surface area contributed by atoms with Gasteiger partial charge in [0.25, 0.3) is 10.1 Å². The summed E-state index contributed by atoms with van der Waals surface area (Å²) < 4.78 is 32.3. The summed E-state index contributed by atoms with van der Waals surface area (Å²) in [5.74, 6) is -0.370. The van der Waals surface area contributed by atoms with E-state index in [1.54, 1.807) is 12.1 Å². The number of fused-ring (bicyclic) bond motifs is 2. The van der Waals surface area contributed by atoms with E-state index < -0.39 is 15.0 Å². The quantitative estimate of drug-likeness (QED) is 0.258. The Morgan fingerprint density at radius 3 is 2.36 bits per heavy atom. The van der Waals surface area contributed by atoms with Gasteiger partial charge in [-0.2, -0.15) is 13.5 Å². The van der Waals surface area contributed by atoms with E-state index in [-0.39, 0.29) is 22.2 Å². The number of benzene rings is 4. The fourth-order valence-corrected chi connectivity index (χ4v) is 3.56. The van der Waals surface area contributed by atoms with Crippen molar-refractivity contribution < 1.29 is 18.1 Å². The Hall–Kier alpha value is -3.49. The summed E-state index contributed by atoms with van der Waals surface area (Å²) in [4.78, 5) is -0.453. The zero-order valence-corrected chi connectivity index (χ0v) is 15.3. The van der Waals surface area contributed by atoms with Crippen molar-refractivity contribution in [1.29, 1.82) is 0 Å². The Bertz CT molecular complexity index is 1370. The van der Waals surface area contributed by atoms with Crippen molar-refractivity contribution in [3.05, 3.63) is 66.7 Å². The Balaban J connectivity index is 1.86. The van der Waals surface area contributed by atoms with E-state index >= 15 is 0 Å². The molecule has 4 aromatic rings. The zero-order valence-electron chi connectivity index (χ0n) is 14.4. The van der Waals surface area contributed by atoms with Crippen molar-refractivity contribution >= 4 is 48.7 Å². The smallest absolute Gasteiger partial charge is 0.294 e. The van der Waals surface area contributed by atoms with Crippen molar-refractivity contribution in [2.45, 2.75) is 4.90 Å². The van der Waals surface area contributed by atoms with Crippen LogP contribution in [-0.4, -0.2) is 18.1 Å². The van der Waals surface area contributed by atoms with Crippen LogP contribution in [0.15, 0.2) is 81.9 Å². The first-order valence-electron chi connectivity index (χ1n) is 8.26. The predicted octanol–water partition coefficient (Wildman–Crippen LogP) is 4.94. The van der Waals surface area contributed by atoms with Gasteiger partial charge in [0.2, 0.25) is 0 Å². The number of nitrogens with zero attached hydrogens (tertiary/aromatic N) is 2. The molecule has 0 aromatic heterocycles. The minimum atomic E-state index is -4.51. The molecule has 0 aliphatic heterocycles. The normalized spacial score (nSPS) is 12.2. The standard InChI is InChI=1S/C20H15N3O4S/c21-17-7-8-18(16-10-15(28(25,26)27)11-19(24)20(16)17)23-22-14-6-5-12-3-1-2-4-13(12)9-14/h1-11,24H,21H2,(H,25,26,27). The van der Waals surface area contributed by atoms with E-state index in [1.807, 2.05) is 42.5 Å². The van der Waals surface area contributed by atoms with Gasteiger partial charge in [-0.05, 0) is 41.1 Å². The predicted molar refractivity (Wildman–Crippen MR) is 108 cm³/mol. The summed E-state index contributed by atoms with van der Waals surface area (Å²) >= 11 is 0. The van der Waals surface area contributed by atoms with Crippen LogP contribution in [0.5, 0.6) is 5.75 Å². The molecule has 4 rings (SSSR count). The first kappa shape index (κ1) is 17.9. The van der Waals surface area contributed by atoms with Gasteiger partial charge >= 0.3 is 0 Å². The molecule has 0 heterocycles. The maximum Gasteiger partial charge on any atom is 0.294 e. The van der Waals surface area contributed by atoms with Crippen molar-refractivity contribution in [1.82, 2.24) is 0 Å². The van der Waals surface area contributed by atoms with Gasteiger partial charge in [0.05, 0.1) is 16.3 Å². The van der Waals surface area contributed by atoms with E-state index in [0.29, 0.717) is 11.4 Å². The molecule has 4 aromatic carbocycles. The molecular weight excluding hydrogens is 378 g/mol. The molecule has 0 bridgehead atoms. The molecule has 0 spiro atoms. The van der Waals surface area contributed by atoms with E-state index in [2.05, 4.69) is 10.2 Å². The van der Waals surface area contributed by atoms with E-state index in [1.165, 1.54) is 6.07 Å². The molecule has 0 aliphatic rings. The molecule has 0 fully saturated rings. The number of azo groups is 1. The number of hydrogen-bond acceptors (Lipinski definition) is 6. The Labute approximate surface area is 160 Å². The highest BCUT2D eigenvalue weighted by Crippen LogP contribution is 2.39. The molecule has 0 saturated heterocycles. The lowest BCUT2D eigenvalue weighted by molar-refractivity contribution is 0.471. The first-order valence-corrected chi connectivity index (χ1v) is 9.70. The SMILES string of the molecule is Nc1ccc(N=Nc2ccc3ccccc3c2)c2cc(S(=O)(=O)O)cc(O)c12. The minimum absolute atomic E-state index is 0.238. The van der Waals surface area contributed by atoms with Crippen LogP contribution >= 0.6 is 0 Å². The van der Waals surface area contributed by atoms with Crippen molar-refractivity contribution in [2.75, 3.05) is 5.73 Å². The average Bonchev–Trinajstić information content (AvgIpc) is 2.66. The number of anilines is 1. The molecule has 0 amide bonds. The van der Waals surface area contributed by atoms with Gasteiger partial charge in [0, 0.05) is 22.5 Å². The van der Waals surface area contributed by atoms with Crippen LogP contribution in [0.25, 0.3) is 21.5 Å². The number of phenols is 1. The molecular formula is C20H15N3O4S. The second-order valence-electron chi connectivity index (χ2n) is 6.25. The van der Waals surface area contributed by atoms with Crippen molar-refractivity contribution in [3.63, 3.8) is 0 Å². The Morgan fingerprint density at radius 2 is 1.61 bits per heavy atom. The molecule has 0 atom stereocenters. The summed E-state index contributed by atoms with van der Waals surface area (Å²) in [5.41, 5.74) is 7.07. The van der Waals surface area contributed by atoms with E-state index in [0.717, 1.165) is 16.8 Å². The maximum absolute atomic E-state index is 11.5. The summed E-state index contributed by atoms with van der Waals surface area (Å²) in [6.07, 6.45) is 0. The van der Waals surface area contributed by atoms with Crippen LogP contribution in [0.3, 0.4) is 0 Å². The molecule has 7 nitrogen and oxygen atoms in total. The van der Waals surface area contributed by atoms with Crippen LogP contribution in [-0.2, 0) is 10.1 Å². The third kappa shape index (κ3) is 3.26. The lowest BCUT2D eigenvalue weighted by Crippen LogP contribution is -1.98. The fraction of sp³-hybridized carbons (Fsp3) is 0. The van der Waals surface area contributed by atoms with Crippen molar-refractivity contribution in [3.8, 4) is 5.75 Å². The molecule has 140 valence electrons. The van der Waals surface area contributed by atoms with Crippen LogP contribution < -0.4 is 5.73 Å². The second kappa shape index (κ2) is 6.59. The maximum atomic E-state index is 11.5. The highest BCUT2D eigenvalue weighted by Gasteiger charge is 2.16. The van der Waals surface area contributed by atoms with Gasteiger partial charge < -0.3 is 10.8 Å². The third-order valence-electron chi connectivity index (χ3n) is 4.38. The summed E-state index contributed by atoms with van der Waals surface area (Å²) in [5, 5.41) is 21.2. The molecule has 4 N–H and O–H groups in total. The average molecular weight is 393 g/mol. The largest absolute Gasteiger partial charge is 0.507 e. The van der Waals surface area contributed by atoms with E-state index in [4.69, 9.17) is 5.73 Å². The number of rotatable bonds is 3. The highest BCUT2D eigenvalue weighted by atomic mass is 32.2. The van der Waals surface area contributed by atoms with Gasteiger partial charge in [-0.15, -0.1) is 5.11 Å². The third-order valence-corrected chi connectivity index (χ3v) is 5.21. The molecule has 28 heavy (non-hydrogen) atoms. The Kier molecular flexibility index (Phi) is 4.21. The molecule has 8 heteroatoms. The Morgan fingerprint density at radius 1 is 0.857 bits per heavy atom. The van der Waals surface area contributed by atoms with E-state index in [9.17, 15) is 18.1 Å². The molecule has 0 radical (unpaired) electrons. The van der Waals surface area contributed by atoms with Gasteiger partial charge in [-0.3, -0.25) is 4.55 Å². The topological polar surface area (TPSA) is 125 Å². The zero-order chi connectivity index (χ0) is 19.9. The first-order chi connectivity index (χ1) is 13.3. The van der Waals surface area contributed by atoms with Gasteiger partial charge in [-0.1, -0.05) is 30.3 Å². The summed E-state index contributed by atoms with van der Waals surface area (Å²) in [7, 11) is -4.51. The molecule has 0 aliphatic carbocycles. The molecule has 0 saturated carbocycles. The van der Waals surface area contributed by atoms with Gasteiger partial charge in [0.1, 0.15) is 5.75 Å². The number of aromatic hydroxyl groups is 1. The van der Waals surface area contributed by atoms with Gasteiger partial charge in [0.15, 0.2) is 0 Å². The number of hydrogen-bond donors (Lipinski definition) is 3. The number of nitrogens with two attached hydrogens (primary N) is 1. The van der Waals surface area contributed by atoms with Crippen LogP contribution in [0, 0.1) is 0 Å². The van der Waals surface area contributed by atoms with Crippen LogP contribution in [0.1, 0.15) is 0 Å². The second-order valence-corrected chi connectivity index (χ2v) is 7.67. The lowest BCUT2D eigenvalue weighted by atomic mass is 10.1. The van der Waals surface area contributed by atoms with Gasteiger partial charge in [-0.25, -0.2) is 0 Å². The van der Waals surface area contributed by atoms with Crippen LogP contribution in [0.2, 0.25) is 0 Å². The van der Waals surface area contributed by atoms with Crippen molar-refractivity contribution in [2.24, 2.45) is 10.2 Å². The minimum Gasteiger partial charge on any atom is -0.507 e.